The minimum Gasteiger partial charge on any atom is -0.497 e. The van der Waals surface area contributed by atoms with E-state index in [2.05, 4.69) is 15.8 Å². The van der Waals surface area contributed by atoms with Gasteiger partial charge in [0.2, 0.25) is 0 Å². The predicted octanol–water partition coefficient (Wildman–Crippen LogP) is 2.87. The van der Waals surface area contributed by atoms with E-state index in [1.807, 2.05) is 13.8 Å². The van der Waals surface area contributed by atoms with E-state index in [-0.39, 0.29) is 18.4 Å². The van der Waals surface area contributed by atoms with Gasteiger partial charge in [-0.15, -0.1) is 0 Å². The summed E-state index contributed by atoms with van der Waals surface area (Å²) in [6.07, 6.45) is -0.0895. The molecule has 0 bridgehead atoms. The first-order chi connectivity index (χ1) is 14.4. The Morgan fingerprint density at radius 3 is 2.39 bits per heavy atom. The molecule has 1 unspecified atom stereocenters. The summed E-state index contributed by atoms with van der Waals surface area (Å²) in [5, 5.41) is 9.13. The molecule has 0 spiro atoms. The lowest BCUT2D eigenvalue weighted by molar-refractivity contribution is -0.120. The van der Waals surface area contributed by atoms with Gasteiger partial charge in [-0.3, -0.25) is 4.79 Å². The topological polar surface area (TPSA) is 134 Å². The van der Waals surface area contributed by atoms with Gasteiger partial charge in [-0.25, -0.2) is 4.79 Å². The largest absolute Gasteiger partial charge is 0.497 e. The third kappa shape index (κ3) is 9.92. The second-order valence-electron chi connectivity index (χ2n) is 8.23. The summed E-state index contributed by atoms with van der Waals surface area (Å²) in [4.78, 5) is 29.3. The molecule has 1 aromatic carbocycles. The van der Waals surface area contributed by atoms with Gasteiger partial charge in [-0.05, 0) is 45.2 Å². The van der Waals surface area contributed by atoms with E-state index in [9.17, 15) is 9.59 Å². The maximum atomic E-state index is 12.2. The lowest BCUT2D eigenvalue weighted by Crippen LogP contribution is -2.47. The zero-order valence-electron chi connectivity index (χ0n) is 19.3. The van der Waals surface area contributed by atoms with Crippen molar-refractivity contribution in [3.8, 4) is 11.5 Å². The summed E-state index contributed by atoms with van der Waals surface area (Å²) in [6.45, 7) is 8.88. The monoisotopic (exact) mass is 438 g/mol. The molecular weight excluding hydrogens is 404 g/mol. The van der Waals surface area contributed by atoms with E-state index in [0.717, 1.165) is 0 Å². The Labute approximate surface area is 183 Å². The third-order valence-corrected chi connectivity index (χ3v) is 3.80. The molecule has 31 heavy (non-hydrogen) atoms. The second-order valence-corrected chi connectivity index (χ2v) is 8.23. The van der Waals surface area contributed by atoms with Crippen molar-refractivity contribution in [1.29, 1.82) is 0 Å². The number of methoxy groups -OCH3 is 2. The normalized spacial score (nSPS) is 12.7. The number of amidine groups is 1. The summed E-state index contributed by atoms with van der Waals surface area (Å²) in [5.74, 6) is 0.834. The summed E-state index contributed by atoms with van der Waals surface area (Å²) < 4.78 is 15.6. The van der Waals surface area contributed by atoms with Crippen LogP contribution in [0.15, 0.2) is 23.4 Å². The van der Waals surface area contributed by atoms with Crippen molar-refractivity contribution in [2.24, 2.45) is 16.8 Å². The first-order valence-electron chi connectivity index (χ1n) is 9.91. The number of nitrogens with two attached hydrogens (primary N) is 1. The van der Waals surface area contributed by atoms with Crippen LogP contribution in [0.25, 0.3) is 0 Å². The highest BCUT2D eigenvalue weighted by Crippen LogP contribution is 2.28. The number of anilines is 1. The summed E-state index contributed by atoms with van der Waals surface area (Å²) in [7, 11) is 3.02. The predicted molar refractivity (Wildman–Crippen MR) is 118 cm³/mol. The Morgan fingerprint density at radius 2 is 1.84 bits per heavy atom. The Hall–Kier alpha value is -3.17. The molecule has 0 saturated carbocycles. The van der Waals surface area contributed by atoms with Gasteiger partial charge in [0.25, 0.3) is 5.91 Å². The minimum absolute atomic E-state index is 0.0365. The van der Waals surface area contributed by atoms with Gasteiger partial charge in [0, 0.05) is 6.07 Å². The summed E-state index contributed by atoms with van der Waals surface area (Å²) in [5.41, 5.74) is 5.80. The Bertz CT molecular complexity index is 774. The molecule has 0 radical (unpaired) electrons. The van der Waals surface area contributed by atoms with Crippen molar-refractivity contribution in [3.05, 3.63) is 18.2 Å². The zero-order valence-corrected chi connectivity index (χ0v) is 19.3. The highest BCUT2D eigenvalue weighted by molar-refractivity contribution is 5.93. The van der Waals surface area contributed by atoms with Gasteiger partial charge in [-0.2, -0.15) is 0 Å². The molecule has 1 aromatic rings. The molecule has 0 aromatic heterocycles. The average Bonchev–Trinajstić information content (AvgIpc) is 2.65. The van der Waals surface area contributed by atoms with Crippen LogP contribution in [0.3, 0.4) is 0 Å². The van der Waals surface area contributed by atoms with Crippen LogP contribution in [0.5, 0.6) is 11.5 Å². The average molecular weight is 439 g/mol. The molecule has 0 heterocycles. The van der Waals surface area contributed by atoms with Crippen molar-refractivity contribution < 1.29 is 28.6 Å². The van der Waals surface area contributed by atoms with E-state index < -0.39 is 23.6 Å². The third-order valence-electron chi connectivity index (χ3n) is 3.80. The number of ether oxygens (including phenoxy) is 3. The number of carbonyl (C=O) groups excluding carboxylic acids is 2. The van der Waals surface area contributed by atoms with Crippen LogP contribution < -0.4 is 25.8 Å². The molecule has 1 rings (SSSR count). The van der Waals surface area contributed by atoms with Gasteiger partial charge >= 0.3 is 6.09 Å². The van der Waals surface area contributed by atoms with Crippen LogP contribution in [0.2, 0.25) is 0 Å². The molecule has 10 heteroatoms. The van der Waals surface area contributed by atoms with Crippen molar-refractivity contribution in [3.63, 3.8) is 0 Å². The van der Waals surface area contributed by atoms with Crippen molar-refractivity contribution in [2.75, 3.05) is 26.1 Å². The second kappa shape index (κ2) is 11.9. The maximum absolute atomic E-state index is 12.2. The van der Waals surface area contributed by atoms with Crippen molar-refractivity contribution in [1.82, 2.24) is 5.32 Å². The van der Waals surface area contributed by atoms with Crippen LogP contribution in [0.1, 0.15) is 41.0 Å². The first kappa shape index (κ1) is 25.9. The number of oxime groups is 1. The maximum Gasteiger partial charge on any atom is 0.408 e. The fourth-order valence-electron chi connectivity index (χ4n) is 2.49. The van der Waals surface area contributed by atoms with Crippen LogP contribution in [-0.4, -0.2) is 50.3 Å². The number of nitrogens with zero attached hydrogens (tertiary/aromatic N) is 1. The summed E-state index contributed by atoms with van der Waals surface area (Å²) >= 11 is 0. The quantitative estimate of drug-likeness (QED) is 0.290. The Kier molecular flexibility index (Phi) is 9.91. The van der Waals surface area contributed by atoms with Gasteiger partial charge in [-0.1, -0.05) is 19.0 Å². The molecule has 0 aliphatic heterocycles. The molecule has 0 fully saturated rings. The SMILES string of the molecule is COc1ccc(NC(=O)CO/N=C(/N)C(CC(C)C)NC(=O)OC(C)(C)C)c(OC)c1. The number of hydrogen-bond donors (Lipinski definition) is 3. The van der Waals surface area contributed by atoms with Crippen LogP contribution in [-0.2, 0) is 14.4 Å². The van der Waals surface area contributed by atoms with Gasteiger partial charge < -0.3 is 35.4 Å². The fraction of sp³-hybridized carbons (Fsp3) is 0.571. The lowest BCUT2D eigenvalue weighted by Gasteiger charge is -2.24. The van der Waals surface area contributed by atoms with Gasteiger partial charge in [0.1, 0.15) is 17.1 Å². The van der Waals surface area contributed by atoms with Crippen molar-refractivity contribution in [2.45, 2.75) is 52.7 Å². The Balaban J connectivity index is 2.70. The van der Waals surface area contributed by atoms with E-state index in [1.54, 1.807) is 39.0 Å². The molecule has 0 saturated heterocycles. The highest BCUT2D eigenvalue weighted by atomic mass is 16.6. The Morgan fingerprint density at radius 1 is 1.16 bits per heavy atom. The van der Waals surface area contributed by atoms with Crippen LogP contribution in [0.4, 0.5) is 10.5 Å². The molecule has 4 N–H and O–H groups in total. The molecular formula is C21H34N4O6. The number of carbonyl (C=O) groups is 2. The van der Waals surface area contributed by atoms with Crippen LogP contribution in [0, 0.1) is 5.92 Å². The van der Waals surface area contributed by atoms with Gasteiger partial charge in [0.15, 0.2) is 12.4 Å². The zero-order chi connectivity index (χ0) is 23.6. The van der Waals surface area contributed by atoms with Crippen LogP contribution >= 0.6 is 0 Å². The van der Waals surface area contributed by atoms with Gasteiger partial charge in [0.05, 0.1) is 25.9 Å². The smallest absolute Gasteiger partial charge is 0.408 e. The molecule has 0 aliphatic rings. The number of amides is 2. The van der Waals surface area contributed by atoms with E-state index in [1.165, 1.54) is 14.2 Å². The summed E-state index contributed by atoms with van der Waals surface area (Å²) in [6, 6.07) is 4.38. The number of alkyl carbamates (subject to hydrolysis) is 1. The minimum atomic E-state index is -0.643. The van der Waals surface area contributed by atoms with E-state index in [4.69, 9.17) is 24.8 Å². The highest BCUT2D eigenvalue weighted by Gasteiger charge is 2.23. The molecule has 0 aliphatic carbocycles. The number of benzene rings is 1. The first-order valence-corrected chi connectivity index (χ1v) is 9.91. The standard InChI is InChI=1S/C21H34N4O6/c1-13(2)10-16(24-20(27)31-21(3,4)5)19(22)25-30-12-18(26)23-15-9-8-14(28-6)11-17(15)29-7/h8-9,11,13,16H,10,12H2,1-7H3,(H2,22,25)(H,23,26)(H,24,27). The fourth-order valence-corrected chi connectivity index (χ4v) is 2.49. The van der Waals surface area contributed by atoms with E-state index in [0.29, 0.717) is 23.6 Å². The molecule has 10 nitrogen and oxygen atoms in total. The molecule has 174 valence electrons. The number of rotatable bonds is 10. The lowest BCUT2D eigenvalue weighted by atomic mass is 10.0. The van der Waals surface area contributed by atoms with E-state index >= 15 is 0 Å². The number of nitrogens with one attached hydrogen (secondary N) is 2. The van der Waals surface area contributed by atoms with Crippen molar-refractivity contribution >= 4 is 23.5 Å². The molecule has 2 amide bonds. The number of hydrogen-bond acceptors (Lipinski definition) is 7. The molecule has 1 atom stereocenters.